The number of hydrogen-bond acceptors (Lipinski definition) is 6. The first kappa shape index (κ1) is 19.1. The molecule has 2 atom stereocenters. The second kappa shape index (κ2) is 8.35. The van der Waals surface area contributed by atoms with E-state index >= 15 is 0 Å². The van der Waals surface area contributed by atoms with E-state index in [9.17, 15) is 0 Å². The second-order valence-electron chi connectivity index (χ2n) is 7.84. The van der Waals surface area contributed by atoms with Gasteiger partial charge in [-0.25, -0.2) is 4.99 Å². The molecular weight excluding hydrogens is 334 g/mol. The van der Waals surface area contributed by atoms with Gasteiger partial charge < -0.3 is 24.2 Å². The molecule has 8 heteroatoms. The molecule has 1 aromatic heterocycles. The lowest BCUT2D eigenvalue weighted by molar-refractivity contribution is -0.0817. The molecule has 3 heterocycles. The number of aromatic nitrogens is 2. The minimum absolute atomic E-state index is 0.104. The van der Waals surface area contributed by atoms with Gasteiger partial charge in [0.1, 0.15) is 12.6 Å². The predicted molar refractivity (Wildman–Crippen MR) is 98.1 cm³/mol. The van der Waals surface area contributed by atoms with Crippen LogP contribution >= 0.6 is 0 Å². The van der Waals surface area contributed by atoms with Crippen LogP contribution < -0.4 is 5.32 Å². The summed E-state index contributed by atoms with van der Waals surface area (Å²) < 4.78 is 17.1. The van der Waals surface area contributed by atoms with E-state index in [0.717, 1.165) is 45.0 Å². The van der Waals surface area contributed by atoms with Gasteiger partial charge in [0.05, 0.1) is 12.7 Å². The first-order valence-corrected chi connectivity index (χ1v) is 9.57. The molecule has 26 heavy (non-hydrogen) atoms. The Labute approximate surface area is 155 Å². The lowest BCUT2D eigenvalue weighted by Crippen LogP contribution is -2.53. The van der Waals surface area contributed by atoms with Crippen LogP contribution in [-0.4, -0.2) is 66.1 Å². The first-order chi connectivity index (χ1) is 12.5. The van der Waals surface area contributed by atoms with Crippen LogP contribution in [-0.2, 0) is 21.4 Å². The Hall–Kier alpha value is -1.67. The third-order valence-corrected chi connectivity index (χ3v) is 4.59. The van der Waals surface area contributed by atoms with E-state index in [1.54, 1.807) is 0 Å². The monoisotopic (exact) mass is 365 g/mol. The van der Waals surface area contributed by atoms with E-state index in [1.807, 2.05) is 0 Å². The Balaban J connectivity index is 1.65. The molecule has 2 aliphatic rings. The Morgan fingerprint density at radius 1 is 1.27 bits per heavy atom. The number of ether oxygens (including phenoxy) is 2. The fourth-order valence-corrected chi connectivity index (χ4v) is 3.18. The van der Waals surface area contributed by atoms with E-state index in [1.165, 1.54) is 0 Å². The highest BCUT2D eigenvalue weighted by Crippen LogP contribution is 2.22. The summed E-state index contributed by atoms with van der Waals surface area (Å²) in [6, 6.07) is 0. The van der Waals surface area contributed by atoms with Crippen molar-refractivity contribution in [1.29, 1.82) is 0 Å². The molecule has 2 aliphatic heterocycles. The SMILES string of the molecule is CCNC(=NCc1noc(C(C)(C)C)n1)N1CCOC(C2CCCO2)C1. The number of nitrogens with zero attached hydrogens (tertiary/aromatic N) is 4. The molecule has 0 aromatic carbocycles. The zero-order valence-corrected chi connectivity index (χ0v) is 16.3. The van der Waals surface area contributed by atoms with Crippen molar-refractivity contribution in [3.8, 4) is 0 Å². The number of rotatable bonds is 4. The molecule has 2 fully saturated rings. The summed E-state index contributed by atoms with van der Waals surface area (Å²) in [4.78, 5) is 11.4. The van der Waals surface area contributed by atoms with Gasteiger partial charge in [-0.1, -0.05) is 25.9 Å². The van der Waals surface area contributed by atoms with Crippen molar-refractivity contribution in [2.45, 2.75) is 64.7 Å². The van der Waals surface area contributed by atoms with E-state index in [4.69, 9.17) is 19.0 Å². The van der Waals surface area contributed by atoms with Crippen LogP contribution in [0.25, 0.3) is 0 Å². The van der Waals surface area contributed by atoms with E-state index in [2.05, 4.69) is 48.1 Å². The highest BCUT2D eigenvalue weighted by atomic mass is 16.5. The molecule has 0 spiro atoms. The molecule has 146 valence electrons. The molecular formula is C18H31N5O3. The smallest absolute Gasteiger partial charge is 0.232 e. The minimum atomic E-state index is -0.155. The van der Waals surface area contributed by atoms with Gasteiger partial charge in [0.2, 0.25) is 5.89 Å². The molecule has 0 amide bonds. The number of guanidine groups is 1. The van der Waals surface area contributed by atoms with Crippen LogP contribution in [0, 0.1) is 0 Å². The highest BCUT2D eigenvalue weighted by molar-refractivity contribution is 5.80. The number of nitrogens with one attached hydrogen (secondary N) is 1. The molecule has 0 radical (unpaired) electrons. The van der Waals surface area contributed by atoms with Crippen molar-refractivity contribution in [2.75, 3.05) is 32.8 Å². The Bertz CT molecular complexity index is 604. The van der Waals surface area contributed by atoms with Crippen LogP contribution in [0.2, 0.25) is 0 Å². The predicted octanol–water partition coefficient (Wildman–Crippen LogP) is 1.71. The van der Waals surface area contributed by atoms with Gasteiger partial charge in [-0.2, -0.15) is 4.98 Å². The summed E-state index contributed by atoms with van der Waals surface area (Å²) in [5.41, 5.74) is -0.155. The summed E-state index contributed by atoms with van der Waals surface area (Å²) in [6.45, 7) is 12.6. The van der Waals surface area contributed by atoms with Crippen LogP contribution in [0.15, 0.2) is 9.52 Å². The number of hydrogen-bond donors (Lipinski definition) is 1. The van der Waals surface area contributed by atoms with Gasteiger partial charge in [0.25, 0.3) is 0 Å². The maximum atomic E-state index is 5.93. The van der Waals surface area contributed by atoms with E-state index in [0.29, 0.717) is 24.9 Å². The summed E-state index contributed by atoms with van der Waals surface area (Å²) in [5.74, 6) is 2.10. The maximum Gasteiger partial charge on any atom is 0.232 e. The van der Waals surface area contributed by atoms with Crippen LogP contribution in [0.4, 0.5) is 0 Å². The van der Waals surface area contributed by atoms with Gasteiger partial charge in [0, 0.05) is 31.7 Å². The maximum absolute atomic E-state index is 5.93. The van der Waals surface area contributed by atoms with Crippen molar-refractivity contribution in [3.05, 3.63) is 11.7 Å². The van der Waals surface area contributed by atoms with Gasteiger partial charge >= 0.3 is 0 Å². The topological polar surface area (TPSA) is 85.0 Å². The summed E-state index contributed by atoms with van der Waals surface area (Å²) >= 11 is 0. The fourth-order valence-electron chi connectivity index (χ4n) is 3.18. The molecule has 0 aliphatic carbocycles. The summed E-state index contributed by atoms with van der Waals surface area (Å²) in [6.07, 6.45) is 2.50. The summed E-state index contributed by atoms with van der Waals surface area (Å²) in [5, 5.41) is 7.42. The quantitative estimate of drug-likeness (QED) is 0.642. The third-order valence-electron chi connectivity index (χ3n) is 4.59. The van der Waals surface area contributed by atoms with Crippen molar-refractivity contribution < 1.29 is 14.0 Å². The fraction of sp³-hybridized carbons (Fsp3) is 0.833. The van der Waals surface area contributed by atoms with Crippen molar-refractivity contribution >= 4 is 5.96 Å². The molecule has 8 nitrogen and oxygen atoms in total. The standard InChI is InChI=1S/C18H31N5O3/c1-5-19-17(20-11-15-21-16(26-22-15)18(2,3)4)23-8-10-25-14(12-23)13-7-6-9-24-13/h13-14H,5-12H2,1-4H3,(H,19,20). The van der Waals surface area contributed by atoms with E-state index in [-0.39, 0.29) is 17.6 Å². The van der Waals surface area contributed by atoms with Crippen molar-refractivity contribution in [2.24, 2.45) is 4.99 Å². The molecule has 1 aromatic rings. The molecule has 0 saturated carbocycles. The lowest BCUT2D eigenvalue weighted by atomic mass is 9.97. The Kier molecular flexibility index (Phi) is 6.13. The summed E-state index contributed by atoms with van der Waals surface area (Å²) in [7, 11) is 0. The van der Waals surface area contributed by atoms with Crippen LogP contribution in [0.5, 0.6) is 0 Å². The largest absolute Gasteiger partial charge is 0.375 e. The highest BCUT2D eigenvalue weighted by Gasteiger charge is 2.32. The zero-order chi connectivity index (χ0) is 18.6. The lowest BCUT2D eigenvalue weighted by Gasteiger charge is -2.37. The Morgan fingerprint density at radius 2 is 2.08 bits per heavy atom. The Morgan fingerprint density at radius 3 is 2.73 bits per heavy atom. The van der Waals surface area contributed by atoms with Crippen molar-refractivity contribution in [1.82, 2.24) is 20.4 Å². The number of morpholine rings is 1. The molecule has 0 bridgehead atoms. The molecule has 1 N–H and O–H groups in total. The molecule has 2 unspecified atom stereocenters. The normalized spacial score (nSPS) is 24.9. The number of aliphatic imine (C=N–C) groups is 1. The van der Waals surface area contributed by atoms with Gasteiger partial charge in [0.15, 0.2) is 11.8 Å². The van der Waals surface area contributed by atoms with Crippen molar-refractivity contribution in [3.63, 3.8) is 0 Å². The average molecular weight is 365 g/mol. The minimum Gasteiger partial charge on any atom is -0.375 e. The molecule has 3 rings (SSSR count). The third kappa shape index (κ3) is 4.73. The average Bonchev–Trinajstić information content (AvgIpc) is 3.30. The first-order valence-electron chi connectivity index (χ1n) is 9.57. The zero-order valence-electron chi connectivity index (χ0n) is 16.3. The van der Waals surface area contributed by atoms with Gasteiger partial charge in [-0.3, -0.25) is 0 Å². The second-order valence-corrected chi connectivity index (χ2v) is 7.84. The van der Waals surface area contributed by atoms with Crippen LogP contribution in [0.3, 0.4) is 0 Å². The van der Waals surface area contributed by atoms with Crippen LogP contribution in [0.1, 0.15) is 52.3 Å². The van der Waals surface area contributed by atoms with Gasteiger partial charge in [-0.05, 0) is 19.8 Å². The van der Waals surface area contributed by atoms with Gasteiger partial charge in [-0.15, -0.1) is 0 Å². The molecule has 2 saturated heterocycles. The van der Waals surface area contributed by atoms with E-state index < -0.39 is 0 Å².